The average molecular weight is 1030 g/mol. The minimum atomic E-state index is -5.08. The summed E-state index contributed by atoms with van der Waals surface area (Å²) in [5, 5.41) is 35.0. The van der Waals surface area contributed by atoms with E-state index in [9.17, 15) is 22.8 Å². The highest BCUT2D eigenvalue weighted by Gasteiger charge is 2.38. The summed E-state index contributed by atoms with van der Waals surface area (Å²) in [7, 11) is 0. The maximum absolute atomic E-state index is 13.4. The first-order valence-corrected chi connectivity index (χ1v) is 23.4. The molecule has 0 unspecified atom stereocenters. The number of halogens is 3. The van der Waals surface area contributed by atoms with E-state index in [0.29, 0.717) is 32.5 Å². The van der Waals surface area contributed by atoms with Crippen molar-refractivity contribution in [2.45, 2.75) is 65.5 Å². The normalized spacial score (nSPS) is 12.0. The highest BCUT2D eigenvalue weighted by molar-refractivity contribution is 7.19. The third-order valence-electron chi connectivity index (χ3n) is 9.77. The Labute approximate surface area is 421 Å². The van der Waals surface area contributed by atoms with Gasteiger partial charge in [-0.2, -0.15) is 23.0 Å². The number of ether oxygens (including phenoxy) is 2. The van der Waals surface area contributed by atoms with Crippen LogP contribution in [0.3, 0.4) is 0 Å². The number of aromatic nitrogens is 8. The first-order chi connectivity index (χ1) is 34.7. The minimum absolute atomic E-state index is 0.313. The number of nitrogens with one attached hydrogen (secondary N) is 1. The number of benzene rings is 4. The number of carboxylic acid groups (broad SMARTS) is 1. The SMILES string of the molecule is C1=NCc2ccc(Nc3nnc(-c4cccc(-c5cnco5)c4)s3)cc21.CC(C)(C)OC(=O)N(c1ccc2c(cnn2C(=O)OC(C)(C)C)c1)c1nnc(-c2cccc(-c3cnco3)c2)s1.O=C(O)C(F)(F)F. The topological polar surface area (TPSA) is 239 Å². The van der Waals surface area contributed by atoms with E-state index in [1.807, 2.05) is 60.8 Å². The molecule has 4 aromatic carbocycles. The molecule has 374 valence electrons. The summed E-state index contributed by atoms with van der Waals surface area (Å²) in [6.07, 6.45) is 3.27. The van der Waals surface area contributed by atoms with Gasteiger partial charge in [0.25, 0.3) is 0 Å². The smallest absolute Gasteiger partial charge is 0.475 e. The predicted molar refractivity (Wildman–Crippen MR) is 266 cm³/mol. The monoisotopic (exact) mass is 1030 g/mol. The second-order valence-electron chi connectivity index (χ2n) is 17.6. The Kier molecular flexibility index (Phi) is 14.6. The van der Waals surface area contributed by atoms with Crippen molar-refractivity contribution in [3.63, 3.8) is 0 Å². The van der Waals surface area contributed by atoms with Gasteiger partial charge in [-0.3, -0.25) is 4.99 Å². The third-order valence-corrected chi connectivity index (χ3v) is 11.6. The van der Waals surface area contributed by atoms with Gasteiger partial charge in [0.2, 0.25) is 10.3 Å². The van der Waals surface area contributed by atoms with E-state index < -0.39 is 35.5 Å². The molecule has 1 aliphatic rings. The Balaban J connectivity index is 0.000000183. The fourth-order valence-corrected chi connectivity index (χ4v) is 8.27. The number of aliphatic carboxylic acids is 1. The average Bonchev–Trinajstić information content (AvgIpc) is 4.20. The van der Waals surface area contributed by atoms with Crippen LogP contribution in [0, 0.1) is 0 Å². The number of amides is 1. The molecule has 0 atom stereocenters. The molecular weight excluding hydrogens is 992 g/mol. The Morgan fingerprint density at radius 3 is 1.92 bits per heavy atom. The molecule has 73 heavy (non-hydrogen) atoms. The number of anilines is 4. The molecule has 0 bridgehead atoms. The van der Waals surface area contributed by atoms with Gasteiger partial charge >= 0.3 is 24.3 Å². The molecule has 1 amide bonds. The number of carbonyl (C=O) groups excluding carboxylic acids is 2. The van der Waals surface area contributed by atoms with Crippen LogP contribution in [0.25, 0.3) is 54.7 Å². The lowest BCUT2D eigenvalue weighted by molar-refractivity contribution is -0.192. The zero-order valence-corrected chi connectivity index (χ0v) is 41.1. The molecule has 1 aliphatic heterocycles. The number of carbonyl (C=O) groups is 3. The van der Waals surface area contributed by atoms with Crippen LogP contribution in [0.5, 0.6) is 0 Å². The molecular formula is C49H42F3N11O8S2. The maximum atomic E-state index is 13.4. The zero-order chi connectivity index (χ0) is 52.1. The number of alkyl halides is 3. The molecule has 0 saturated heterocycles. The number of hydrogen-bond acceptors (Lipinski definition) is 18. The van der Waals surface area contributed by atoms with E-state index >= 15 is 0 Å². The van der Waals surface area contributed by atoms with Crippen molar-refractivity contribution in [2.75, 3.05) is 10.2 Å². The number of aliphatic imine (C=N–C) groups is 1. The van der Waals surface area contributed by atoms with Crippen molar-refractivity contribution < 1.29 is 51.0 Å². The number of carboxylic acids is 1. The van der Waals surface area contributed by atoms with Gasteiger partial charge < -0.3 is 28.7 Å². The van der Waals surface area contributed by atoms with Crippen LogP contribution in [-0.4, -0.2) is 87.0 Å². The van der Waals surface area contributed by atoms with E-state index in [-0.39, 0.29) is 0 Å². The van der Waals surface area contributed by atoms with Crippen LogP contribution in [0.15, 0.2) is 130 Å². The Morgan fingerprint density at radius 1 is 0.726 bits per heavy atom. The van der Waals surface area contributed by atoms with Gasteiger partial charge in [0.1, 0.15) is 21.2 Å². The second-order valence-corrected chi connectivity index (χ2v) is 19.5. The first-order valence-electron chi connectivity index (χ1n) is 21.8. The van der Waals surface area contributed by atoms with E-state index in [2.05, 4.69) is 57.9 Å². The van der Waals surface area contributed by atoms with Crippen molar-refractivity contribution in [2.24, 2.45) is 4.99 Å². The van der Waals surface area contributed by atoms with Crippen molar-refractivity contribution in [1.29, 1.82) is 0 Å². The first kappa shape index (κ1) is 50.7. The summed E-state index contributed by atoms with van der Waals surface area (Å²) in [5.74, 6) is -1.40. The van der Waals surface area contributed by atoms with Crippen molar-refractivity contribution in [3.8, 4) is 43.8 Å². The molecule has 6 heterocycles. The molecule has 0 spiro atoms. The van der Waals surface area contributed by atoms with Crippen LogP contribution in [0.4, 0.5) is 44.4 Å². The van der Waals surface area contributed by atoms with Gasteiger partial charge in [0, 0.05) is 39.5 Å². The Morgan fingerprint density at radius 2 is 1.33 bits per heavy atom. The van der Waals surface area contributed by atoms with Gasteiger partial charge in [-0.1, -0.05) is 65.1 Å². The van der Waals surface area contributed by atoms with Crippen LogP contribution < -0.4 is 10.2 Å². The van der Waals surface area contributed by atoms with Crippen LogP contribution in [-0.2, 0) is 20.8 Å². The molecule has 5 aromatic heterocycles. The molecule has 0 radical (unpaired) electrons. The largest absolute Gasteiger partial charge is 0.490 e. The predicted octanol–water partition coefficient (Wildman–Crippen LogP) is 12.2. The molecule has 9 aromatic rings. The van der Waals surface area contributed by atoms with Crippen molar-refractivity contribution in [3.05, 3.63) is 127 Å². The van der Waals surface area contributed by atoms with Crippen molar-refractivity contribution >= 4 is 79.6 Å². The van der Waals surface area contributed by atoms with Crippen LogP contribution in [0.1, 0.15) is 52.7 Å². The number of oxazole rings is 2. The fraction of sp³-hybridized carbons (Fsp3) is 0.204. The van der Waals surface area contributed by atoms with Crippen molar-refractivity contribution in [1.82, 2.24) is 40.1 Å². The molecule has 19 nitrogen and oxygen atoms in total. The minimum Gasteiger partial charge on any atom is -0.475 e. The van der Waals surface area contributed by atoms with Crippen LogP contribution in [0.2, 0.25) is 0 Å². The highest BCUT2D eigenvalue weighted by Crippen LogP contribution is 2.37. The Bertz CT molecular complexity index is 3430. The fourth-order valence-electron chi connectivity index (χ4n) is 6.65. The Hall–Kier alpha value is -8.64. The quantitative estimate of drug-likeness (QED) is 0.144. The number of fused-ring (bicyclic) bond motifs is 2. The molecule has 0 aliphatic carbocycles. The molecule has 2 N–H and O–H groups in total. The molecule has 10 rings (SSSR count). The molecule has 0 saturated carbocycles. The molecule has 24 heteroatoms. The standard InChI is InChI=1S/C28H28N6O5S.C19H13N5OS.C2HF3O2/c1-27(2,3)38-25(35)33(20-10-11-21-19(13-20)14-30-34(21)26(36)39-28(4,5)6)24-32-31-23(40-24)18-9-7-8-17(12-18)22-15-29-16-37-22;1-2-12(17-10-21-11-25-17)6-13(3-1)18-23-24-19(26-18)22-16-5-4-14-8-20-9-15(14)7-16;3-2(4,5)1(6)7/h7-16H,1-6H3;1-7,9-11H,8H2,(H,22,24);(H,6,7). The lowest BCUT2D eigenvalue weighted by atomic mass is 10.1. The lowest BCUT2D eigenvalue weighted by Gasteiger charge is -2.25. The number of rotatable bonds is 8. The summed E-state index contributed by atoms with van der Waals surface area (Å²) < 4.78 is 54.9. The summed E-state index contributed by atoms with van der Waals surface area (Å²) in [5.41, 5.74) is 6.56. The van der Waals surface area contributed by atoms with E-state index in [4.69, 9.17) is 28.2 Å². The summed E-state index contributed by atoms with van der Waals surface area (Å²) in [6.45, 7) is 11.5. The van der Waals surface area contributed by atoms with E-state index in [0.717, 1.165) is 55.9 Å². The van der Waals surface area contributed by atoms with Gasteiger partial charge in [-0.05, 0) is 95.1 Å². The summed E-state index contributed by atoms with van der Waals surface area (Å²) >= 11 is 2.74. The number of nitrogens with zero attached hydrogens (tertiary/aromatic N) is 10. The van der Waals surface area contributed by atoms with Crippen LogP contribution >= 0.6 is 22.7 Å². The van der Waals surface area contributed by atoms with Gasteiger partial charge in [-0.15, -0.1) is 20.4 Å². The van der Waals surface area contributed by atoms with Gasteiger partial charge in [0.15, 0.2) is 24.3 Å². The van der Waals surface area contributed by atoms with E-state index in [1.165, 1.54) is 56.8 Å². The van der Waals surface area contributed by atoms with Gasteiger partial charge in [0.05, 0.1) is 36.3 Å². The number of hydrogen-bond donors (Lipinski definition) is 2. The highest BCUT2D eigenvalue weighted by atomic mass is 32.1. The lowest BCUT2D eigenvalue weighted by Crippen LogP contribution is -2.33. The molecule has 0 fully saturated rings. The third kappa shape index (κ3) is 12.8. The second kappa shape index (κ2) is 21.0. The van der Waals surface area contributed by atoms with E-state index in [1.54, 1.807) is 72.1 Å². The summed E-state index contributed by atoms with van der Waals surface area (Å²) in [6, 6.07) is 26.9. The maximum Gasteiger partial charge on any atom is 0.490 e. The zero-order valence-electron chi connectivity index (χ0n) is 39.5. The summed E-state index contributed by atoms with van der Waals surface area (Å²) in [4.78, 5) is 48.6. The van der Waals surface area contributed by atoms with Gasteiger partial charge in [-0.25, -0.2) is 29.3 Å².